The van der Waals surface area contributed by atoms with Crippen molar-refractivity contribution >= 4 is 35.1 Å². The highest BCUT2D eigenvalue weighted by atomic mass is 33.1. The number of hydrogen-bond donors (Lipinski definition) is 4. The Kier molecular flexibility index (Phi) is 7.37. The number of carbonyl (C=O) groups excluding carboxylic acids is 1. The van der Waals surface area contributed by atoms with E-state index in [2.05, 4.69) is 4.98 Å². The normalized spacial score (nSPS) is 13.7. The van der Waals surface area contributed by atoms with Gasteiger partial charge in [0.1, 0.15) is 5.03 Å². The second-order valence-corrected chi connectivity index (χ2v) is 9.90. The van der Waals surface area contributed by atoms with Crippen LogP contribution in [0.4, 0.5) is 0 Å². The predicted molar refractivity (Wildman–Crippen MR) is 89.1 cm³/mol. The summed E-state index contributed by atoms with van der Waals surface area (Å²) in [6.07, 6.45) is 1.45. The Morgan fingerprint density at radius 1 is 1.50 bits per heavy atom. The van der Waals surface area contributed by atoms with Gasteiger partial charge in [0, 0.05) is 10.9 Å². The van der Waals surface area contributed by atoms with Gasteiger partial charge in [0.15, 0.2) is 0 Å². The molecule has 1 heterocycles. The maximum absolute atomic E-state index is 11.7. The van der Waals surface area contributed by atoms with E-state index in [1.54, 1.807) is 6.20 Å². The van der Waals surface area contributed by atoms with Gasteiger partial charge in [-0.25, -0.2) is 10.8 Å². The maximum Gasteiger partial charge on any atom is 0.326 e. The molecule has 0 aliphatic carbocycles. The Balaban J connectivity index is 2.68. The molecular formula is C12H20N3O4PS2. The lowest BCUT2D eigenvalue weighted by Crippen LogP contribution is -2.39. The molecule has 1 amide bonds. The van der Waals surface area contributed by atoms with Crippen LogP contribution in [0.25, 0.3) is 0 Å². The number of nitrogens with one attached hydrogen (secondary N) is 1. The Morgan fingerprint density at radius 2 is 2.18 bits per heavy atom. The highest BCUT2D eigenvalue weighted by molar-refractivity contribution is 8.77. The summed E-state index contributed by atoms with van der Waals surface area (Å²) in [5.74, 6) is 3.68. The van der Waals surface area contributed by atoms with E-state index in [1.165, 1.54) is 21.6 Å². The molecule has 0 aromatic carbocycles. The van der Waals surface area contributed by atoms with Crippen molar-refractivity contribution in [3.05, 3.63) is 24.4 Å². The van der Waals surface area contributed by atoms with Crippen molar-refractivity contribution in [3.8, 4) is 0 Å². The van der Waals surface area contributed by atoms with Crippen molar-refractivity contribution in [3.63, 3.8) is 0 Å². The van der Waals surface area contributed by atoms with Gasteiger partial charge in [0.2, 0.25) is 5.91 Å². The monoisotopic (exact) mass is 365 g/mol. The number of amides is 1. The highest BCUT2D eigenvalue weighted by Crippen LogP contribution is 2.45. The fourth-order valence-electron chi connectivity index (χ4n) is 1.82. The first kappa shape index (κ1) is 19.5. The SMILES string of the molecule is CC(C)(CC(CP(=O)(O)O)C(=O)NN)SSc1ccccn1. The van der Waals surface area contributed by atoms with Gasteiger partial charge >= 0.3 is 7.60 Å². The summed E-state index contributed by atoms with van der Waals surface area (Å²) in [6.45, 7) is 3.81. The van der Waals surface area contributed by atoms with Crippen LogP contribution >= 0.6 is 29.2 Å². The third-order valence-corrected chi connectivity index (χ3v) is 6.85. The van der Waals surface area contributed by atoms with E-state index in [9.17, 15) is 9.36 Å². The van der Waals surface area contributed by atoms with Crippen molar-refractivity contribution in [1.29, 1.82) is 0 Å². The van der Waals surface area contributed by atoms with Gasteiger partial charge in [0.05, 0.1) is 12.1 Å². The van der Waals surface area contributed by atoms with Crippen molar-refractivity contribution in [2.75, 3.05) is 6.16 Å². The average Bonchev–Trinajstić information content (AvgIpc) is 2.43. The summed E-state index contributed by atoms with van der Waals surface area (Å²) in [5, 5.41) is 0.829. The standard InChI is InChI=1S/C12H20N3O4PS2/c1-12(2,22-21-10-5-3-4-6-14-10)7-9(11(16)15-13)8-20(17,18)19/h3-6,9H,7-8,13H2,1-2H3,(H,15,16)(H2,17,18,19). The van der Waals surface area contributed by atoms with Crippen LogP contribution in [0.3, 0.4) is 0 Å². The molecule has 1 atom stereocenters. The largest absolute Gasteiger partial charge is 0.326 e. The third kappa shape index (κ3) is 7.62. The fourth-order valence-corrected chi connectivity index (χ4v) is 4.94. The molecule has 1 rings (SSSR count). The first-order chi connectivity index (χ1) is 10.1. The van der Waals surface area contributed by atoms with Crippen molar-refractivity contribution in [1.82, 2.24) is 10.4 Å². The minimum atomic E-state index is -4.30. The van der Waals surface area contributed by atoms with E-state index in [-0.39, 0.29) is 6.42 Å². The lowest BCUT2D eigenvalue weighted by molar-refractivity contribution is -0.124. The molecule has 0 aliphatic rings. The smallest absolute Gasteiger partial charge is 0.324 e. The topological polar surface area (TPSA) is 126 Å². The molecule has 0 fully saturated rings. The van der Waals surface area contributed by atoms with E-state index in [4.69, 9.17) is 15.6 Å². The quantitative estimate of drug-likeness (QED) is 0.181. The van der Waals surface area contributed by atoms with Gasteiger partial charge in [-0.2, -0.15) is 0 Å². The van der Waals surface area contributed by atoms with Gasteiger partial charge in [-0.1, -0.05) is 16.9 Å². The number of hydrazine groups is 1. The highest BCUT2D eigenvalue weighted by Gasteiger charge is 2.33. The molecule has 0 radical (unpaired) electrons. The van der Waals surface area contributed by atoms with E-state index >= 15 is 0 Å². The average molecular weight is 365 g/mol. The molecule has 0 spiro atoms. The molecule has 7 nitrogen and oxygen atoms in total. The van der Waals surface area contributed by atoms with Crippen LogP contribution in [0.5, 0.6) is 0 Å². The second-order valence-electron chi connectivity index (χ2n) is 5.35. The number of carbonyl (C=O) groups is 1. The maximum atomic E-state index is 11.7. The number of nitrogens with zero attached hydrogens (tertiary/aromatic N) is 1. The third-order valence-electron chi connectivity index (χ3n) is 2.70. The minimum absolute atomic E-state index is 0.283. The van der Waals surface area contributed by atoms with Crippen molar-refractivity contribution in [2.45, 2.75) is 30.0 Å². The Hall–Kier alpha value is -0.570. The minimum Gasteiger partial charge on any atom is -0.324 e. The van der Waals surface area contributed by atoms with Crippen LogP contribution in [0, 0.1) is 5.92 Å². The van der Waals surface area contributed by atoms with Crippen LogP contribution in [0.2, 0.25) is 0 Å². The van der Waals surface area contributed by atoms with Gasteiger partial charge in [0.25, 0.3) is 0 Å². The number of pyridine rings is 1. The fraction of sp³-hybridized carbons (Fsp3) is 0.500. The summed E-state index contributed by atoms with van der Waals surface area (Å²) < 4.78 is 10.8. The van der Waals surface area contributed by atoms with E-state index in [0.717, 1.165) is 5.03 Å². The van der Waals surface area contributed by atoms with Crippen molar-refractivity contribution < 1.29 is 19.1 Å². The Labute approximate surface area is 137 Å². The molecule has 0 bridgehead atoms. The van der Waals surface area contributed by atoms with Gasteiger partial charge in [-0.3, -0.25) is 14.8 Å². The zero-order chi connectivity index (χ0) is 16.8. The molecule has 0 saturated carbocycles. The number of aromatic nitrogens is 1. The lowest BCUT2D eigenvalue weighted by atomic mass is 9.97. The molecule has 1 unspecified atom stereocenters. The van der Waals surface area contributed by atoms with Crippen LogP contribution in [0.1, 0.15) is 20.3 Å². The summed E-state index contributed by atoms with van der Waals surface area (Å²) in [7, 11) is -1.35. The molecule has 22 heavy (non-hydrogen) atoms. The molecule has 0 saturated heterocycles. The van der Waals surface area contributed by atoms with Crippen LogP contribution in [-0.2, 0) is 9.36 Å². The molecule has 0 aliphatic heterocycles. The van der Waals surface area contributed by atoms with Crippen molar-refractivity contribution in [2.24, 2.45) is 11.8 Å². The molecule has 1 aromatic heterocycles. The molecule has 1 aromatic rings. The molecular weight excluding hydrogens is 345 g/mol. The Morgan fingerprint density at radius 3 is 2.68 bits per heavy atom. The molecule has 10 heteroatoms. The van der Waals surface area contributed by atoms with Crippen LogP contribution in [-0.4, -0.2) is 31.6 Å². The molecule has 5 N–H and O–H groups in total. The van der Waals surface area contributed by atoms with E-state index in [1.807, 2.05) is 37.5 Å². The van der Waals surface area contributed by atoms with Gasteiger partial charge in [-0.15, -0.1) is 0 Å². The van der Waals surface area contributed by atoms with E-state index in [0.29, 0.717) is 0 Å². The Bertz CT molecular complexity index is 538. The molecule has 124 valence electrons. The van der Waals surface area contributed by atoms with Crippen LogP contribution in [0.15, 0.2) is 29.4 Å². The lowest BCUT2D eigenvalue weighted by Gasteiger charge is -2.27. The van der Waals surface area contributed by atoms with E-state index < -0.39 is 30.3 Å². The zero-order valence-electron chi connectivity index (χ0n) is 12.3. The second kappa shape index (κ2) is 8.33. The number of hydrogen-bond acceptors (Lipinski definition) is 6. The van der Waals surface area contributed by atoms with Gasteiger partial charge < -0.3 is 9.79 Å². The predicted octanol–water partition coefficient (Wildman–Crippen LogP) is 1.77. The summed E-state index contributed by atoms with van der Waals surface area (Å²) in [6, 6.07) is 5.57. The first-order valence-corrected chi connectivity index (χ1v) is 10.4. The number of nitrogens with two attached hydrogens (primary N) is 1. The zero-order valence-corrected chi connectivity index (χ0v) is 14.8. The summed E-state index contributed by atoms with van der Waals surface area (Å²) >= 11 is 0. The van der Waals surface area contributed by atoms with Crippen LogP contribution < -0.4 is 11.3 Å². The van der Waals surface area contributed by atoms with Gasteiger partial charge in [-0.05, 0) is 43.2 Å². The summed E-state index contributed by atoms with van der Waals surface area (Å²) in [5.41, 5.74) is 1.97. The number of rotatable bonds is 8. The first-order valence-electron chi connectivity index (χ1n) is 6.45. The summed E-state index contributed by atoms with van der Waals surface area (Å²) in [4.78, 5) is 34.1.